The molecule has 0 spiro atoms. The zero-order valence-corrected chi connectivity index (χ0v) is 6.89. The van der Waals surface area contributed by atoms with E-state index in [-0.39, 0.29) is 0 Å². The molecule has 1 aromatic carbocycles. The lowest BCUT2D eigenvalue weighted by atomic mass is 9.89. The number of hydrogen-bond acceptors (Lipinski definition) is 1. The van der Waals surface area contributed by atoms with Crippen LogP contribution in [0.3, 0.4) is 0 Å². The van der Waals surface area contributed by atoms with Crippen LogP contribution in [0, 0.1) is 0 Å². The molecule has 1 aromatic rings. The van der Waals surface area contributed by atoms with E-state index in [1.165, 1.54) is 5.56 Å². The molecule has 0 saturated heterocycles. The van der Waals surface area contributed by atoms with Crippen molar-refractivity contribution in [1.82, 2.24) is 0 Å². The Bertz CT molecular complexity index is 296. The molecule has 1 atom stereocenters. The van der Waals surface area contributed by atoms with Gasteiger partial charge in [0, 0.05) is 12.1 Å². The van der Waals surface area contributed by atoms with Gasteiger partial charge in [0.05, 0.1) is 0 Å². The largest absolute Gasteiger partial charge is 0.398 e. The topological polar surface area (TPSA) is 26.0 Å². The Morgan fingerprint density at radius 2 is 2.25 bits per heavy atom. The first kappa shape index (κ1) is 7.59. The van der Waals surface area contributed by atoms with Crippen molar-refractivity contribution in [2.75, 3.05) is 5.73 Å². The van der Waals surface area contributed by atoms with Crippen molar-refractivity contribution in [2.24, 2.45) is 0 Å². The van der Waals surface area contributed by atoms with E-state index in [2.05, 4.69) is 0 Å². The third-order valence-electron chi connectivity index (χ3n) is 2.46. The molecule has 0 aromatic heterocycles. The number of anilines is 1. The number of halogens is 1. The van der Waals surface area contributed by atoms with E-state index in [0.29, 0.717) is 12.8 Å². The van der Waals surface area contributed by atoms with Gasteiger partial charge in [-0.3, -0.25) is 0 Å². The highest BCUT2D eigenvalue weighted by Crippen LogP contribution is 2.27. The summed E-state index contributed by atoms with van der Waals surface area (Å²) in [4.78, 5) is 0. The van der Waals surface area contributed by atoms with Gasteiger partial charge in [0.2, 0.25) is 0 Å². The first-order chi connectivity index (χ1) is 5.77. The van der Waals surface area contributed by atoms with Gasteiger partial charge in [-0.2, -0.15) is 0 Å². The lowest BCUT2D eigenvalue weighted by molar-refractivity contribution is 0.302. The first-order valence-electron chi connectivity index (χ1n) is 4.27. The zero-order chi connectivity index (χ0) is 8.55. The van der Waals surface area contributed by atoms with Crippen LogP contribution < -0.4 is 5.73 Å². The molecule has 0 amide bonds. The van der Waals surface area contributed by atoms with Crippen molar-refractivity contribution >= 4 is 5.69 Å². The van der Waals surface area contributed by atoms with Gasteiger partial charge >= 0.3 is 0 Å². The maximum absolute atomic E-state index is 13.0. The van der Waals surface area contributed by atoms with Gasteiger partial charge in [0.25, 0.3) is 0 Å². The minimum absolute atomic E-state index is 0.502. The number of hydrogen-bond donors (Lipinski definition) is 1. The van der Waals surface area contributed by atoms with Crippen LogP contribution in [0.25, 0.3) is 0 Å². The van der Waals surface area contributed by atoms with Crippen LogP contribution >= 0.6 is 0 Å². The van der Waals surface area contributed by atoms with Crippen molar-refractivity contribution in [2.45, 2.75) is 25.4 Å². The molecule has 0 fully saturated rings. The number of nitrogens with two attached hydrogens (primary N) is 1. The predicted octanol–water partition coefficient (Wildman–Crippen LogP) is 2.10. The summed E-state index contributed by atoms with van der Waals surface area (Å²) in [5.41, 5.74) is 8.73. The molecule has 64 valence electrons. The van der Waals surface area contributed by atoms with Gasteiger partial charge in [-0.05, 0) is 30.0 Å². The second-order valence-electron chi connectivity index (χ2n) is 3.32. The first-order valence-corrected chi connectivity index (χ1v) is 4.27. The van der Waals surface area contributed by atoms with Crippen molar-refractivity contribution in [3.05, 3.63) is 29.3 Å². The molecule has 2 rings (SSSR count). The number of alkyl halides is 1. The van der Waals surface area contributed by atoms with E-state index in [0.717, 1.165) is 17.7 Å². The van der Waals surface area contributed by atoms with E-state index in [9.17, 15) is 4.39 Å². The van der Waals surface area contributed by atoms with Gasteiger partial charge in [-0.25, -0.2) is 4.39 Å². The summed E-state index contributed by atoms with van der Waals surface area (Å²) in [6.45, 7) is 0. The molecule has 1 aliphatic rings. The van der Waals surface area contributed by atoms with Crippen LogP contribution in [0.2, 0.25) is 0 Å². The number of fused-ring (bicyclic) bond motifs is 1. The fourth-order valence-corrected chi connectivity index (χ4v) is 1.77. The fraction of sp³-hybridized carbons (Fsp3) is 0.400. The third-order valence-corrected chi connectivity index (χ3v) is 2.46. The standard InChI is InChI=1S/C10H12FN/c11-8-5-4-7-2-1-3-10(12)9(7)6-8/h1-3,8H,4-6,12H2. The fourth-order valence-electron chi connectivity index (χ4n) is 1.77. The molecule has 1 nitrogen and oxygen atoms in total. The van der Waals surface area contributed by atoms with E-state index in [1.807, 2.05) is 18.2 Å². The molecule has 12 heavy (non-hydrogen) atoms. The van der Waals surface area contributed by atoms with Crippen LogP contribution in [-0.4, -0.2) is 6.17 Å². The monoisotopic (exact) mass is 165 g/mol. The van der Waals surface area contributed by atoms with Crippen LogP contribution in [0.1, 0.15) is 17.5 Å². The van der Waals surface area contributed by atoms with Crippen molar-refractivity contribution in [3.63, 3.8) is 0 Å². The second-order valence-corrected chi connectivity index (χ2v) is 3.32. The van der Waals surface area contributed by atoms with E-state index < -0.39 is 6.17 Å². The van der Waals surface area contributed by atoms with Crippen LogP contribution in [0.4, 0.5) is 10.1 Å². The zero-order valence-electron chi connectivity index (χ0n) is 6.89. The smallest absolute Gasteiger partial charge is 0.105 e. The minimum atomic E-state index is -0.692. The second kappa shape index (κ2) is 2.77. The number of nitrogen functional groups attached to an aromatic ring is 1. The van der Waals surface area contributed by atoms with E-state index >= 15 is 0 Å². The summed E-state index contributed by atoms with van der Waals surface area (Å²) in [5.74, 6) is 0. The summed E-state index contributed by atoms with van der Waals surface area (Å²) in [7, 11) is 0. The summed E-state index contributed by atoms with van der Waals surface area (Å²) in [6.07, 6.45) is 1.29. The maximum Gasteiger partial charge on any atom is 0.105 e. The minimum Gasteiger partial charge on any atom is -0.398 e. The summed E-state index contributed by atoms with van der Waals surface area (Å²) < 4.78 is 13.0. The van der Waals surface area contributed by atoms with Gasteiger partial charge in [-0.15, -0.1) is 0 Å². The molecule has 0 bridgehead atoms. The lowest BCUT2D eigenvalue weighted by Gasteiger charge is -2.20. The lowest BCUT2D eigenvalue weighted by Crippen LogP contribution is -2.16. The van der Waals surface area contributed by atoms with Gasteiger partial charge < -0.3 is 5.73 Å². The molecule has 0 heterocycles. The molecule has 2 heteroatoms. The normalized spacial score (nSPS) is 21.9. The predicted molar refractivity (Wildman–Crippen MR) is 47.8 cm³/mol. The highest BCUT2D eigenvalue weighted by atomic mass is 19.1. The SMILES string of the molecule is Nc1cccc2c1CC(F)CC2. The number of benzene rings is 1. The Balaban J connectivity index is 2.43. The van der Waals surface area contributed by atoms with E-state index in [4.69, 9.17) is 5.73 Å². The van der Waals surface area contributed by atoms with Crippen LogP contribution in [0.15, 0.2) is 18.2 Å². The average molecular weight is 165 g/mol. The third kappa shape index (κ3) is 1.17. The molecule has 0 aliphatic heterocycles. The maximum atomic E-state index is 13.0. The van der Waals surface area contributed by atoms with Crippen LogP contribution in [-0.2, 0) is 12.8 Å². The van der Waals surface area contributed by atoms with Gasteiger partial charge in [0.15, 0.2) is 0 Å². The highest BCUT2D eigenvalue weighted by Gasteiger charge is 2.18. The molecular formula is C10H12FN. The number of rotatable bonds is 0. The molecular weight excluding hydrogens is 153 g/mol. The quantitative estimate of drug-likeness (QED) is 0.585. The molecule has 1 unspecified atom stereocenters. The molecule has 2 N–H and O–H groups in total. The van der Waals surface area contributed by atoms with Crippen molar-refractivity contribution < 1.29 is 4.39 Å². The van der Waals surface area contributed by atoms with E-state index in [1.54, 1.807) is 0 Å². The summed E-state index contributed by atoms with van der Waals surface area (Å²) in [5, 5.41) is 0. The van der Waals surface area contributed by atoms with Gasteiger partial charge in [0.1, 0.15) is 6.17 Å². The average Bonchev–Trinajstić information content (AvgIpc) is 2.07. The van der Waals surface area contributed by atoms with Gasteiger partial charge in [-0.1, -0.05) is 12.1 Å². The Morgan fingerprint density at radius 1 is 1.42 bits per heavy atom. The summed E-state index contributed by atoms with van der Waals surface area (Å²) in [6, 6.07) is 5.82. The van der Waals surface area contributed by atoms with Crippen LogP contribution in [0.5, 0.6) is 0 Å². The molecule has 0 saturated carbocycles. The van der Waals surface area contributed by atoms with Crippen molar-refractivity contribution in [3.8, 4) is 0 Å². The molecule has 0 radical (unpaired) electrons. The Morgan fingerprint density at radius 3 is 3.08 bits per heavy atom. The Kier molecular flexibility index (Phi) is 1.75. The highest BCUT2D eigenvalue weighted by molar-refractivity contribution is 5.52. The Hall–Kier alpha value is -1.05. The summed E-state index contributed by atoms with van der Waals surface area (Å²) >= 11 is 0. The molecule has 1 aliphatic carbocycles. The number of aryl methyl sites for hydroxylation is 1. The Labute approximate surface area is 71.4 Å². The van der Waals surface area contributed by atoms with Crippen molar-refractivity contribution in [1.29, 1.82) is 0 Å².